The summed E-state index contributed by atoms with van der Waals surface area (Å²) in [5, 5.41) is 32.3. The van der Waals surface area contributed by atoms with Crippen LogP contribution in [0.3, 0.4) is 0 Å². The Balaban J connectivity index is 1.12. The monoisotopic (exact) mass is 645 g/mol. The molecule has 244 valence electrons. The number of aliphatic hydroxyl groups is 3. The Morgan fingerprint density at radius 1 is 1.04 bits per heavy atom. The number of alkyl halides is 2. The molecule has 0 radical (unpaired) electrons. The number of halogens is 2. The number of hydrogen-bond acceptors (Lipinski definition) is 9. The summed E-state index contributed by atoms with van der Waals surface area (Å²) in [6, 6.07) is 22.2. The Hall–Kier alpha value is -4.67. The SMILES string of the molecule is C#[N+]c1c(OC)nc(-c2ccccc2)nc1N(C)[C@@H]1O[C@H](COc2cccc(CC[C@@]3(O)c4ccccc4C(O)C3(F)F)c2)C[C@H]1O. The van der Waals surface area contributed by atoms with E-state index >= 15 is 8.78 Å². The number of nitrogens with zero attached hydrogens (tertiary/aromatic N) is 4. The number of anilines is 1. The van der Waals surface area contributed by atoms with Crippen LogP contribution in [0.5, 0.6) is 11.6 Å². The van der Waals surface area contributed by atoms with E-state index in [0.717, 1.165) is 5.56 Å². The van der Waals surface area contributed by atoms with Crippen molar-refractivity contribution in [2.24, 2.45) is 0 Å². The number of rotatable bonds is 10. The Labute approximate surface area is 270 Å². The lowest BCUT2D eigenvalue weighted by Crippen LogP contribution is -2.44. The van der Waals surface area contributed by atoms with Crippen LogP contribution >= 0.6 is 0 Å². The van der Waals surface area contributed by atoms with Gasteiger partial charge in [-0.15, -0.1) is 0 Å². The number of aromatic nitrogens is 2. The van der Waals surface area contributed by atoms with E-state index in [0.29, 0.717) is 23.0 Å². The number of benzene rings is 3. The first-order valence-corrected chi connectivity index (χ1v) is 15.2. The second-order valence-corrected chi connectivity index (χ2v) is 11.7. The Kier molecular flexibility index (Phi) is 8.82. The van der Waals surface area contributed by atoms with E-state index in [-0.39, 0.29) is 48.6 Å². The minimum absolute atomic E-state index is 0.0314. The molecule has 1 fully saturated rings. The van der Waals surface area contributed by atoms with Gasteiger partial charge in [0.2, 0.25) is 5.82 Å². The van der Waals surface area contributed by atoms with Gasteiger partial charge in [0.25, 0.3) is 6.57 Å². The molecule has 0 bridgehead atoms. The third-order valence-electron chi connectivity index (χ3n) is 8.77. The quantitative estimate of drug-likeness (QED) is 0.213. The van der Waals surface area contributed by atoms with Crippen LogP contribution in [0.2, 0.25) is 0 Å². The van der Waals surface area contributed by atoms with Gasteiger partial charge in [-0.2, -0.15) is 13.8 Å². The van der Waals surface area contributed by atoms with E-state index in [1.54, 1.807) is 48.3 Å². The van der Waals surface area contributed by atoms with Gasteiger partial charge < -0.3 is 34.4 Å². The maximum absolute atomic E-state index is 15.1. The fourth-order valence-corrected chi connectivity index (χ4v) is 6.27. The summed E-state index contributed by atoms with van der Waals surface area (Å²) in [5.41, 5.74) is -0.838. The number of ether oxygens (including phenoxy) is 3. The second kappa shape index (κ2) is 12.8. The topological polar surface area (TPSA) is 122 Å². The van der Waals surface area contributed by atoms with Crippen molar-refractivity contribution < 1.29 is 38.3 Å². The zero-order chi connectivity index (χ0) is 33.3. The van der Waals surface area contributed by atoms with E-state index < -0.39 is 36.1 Å². The van der Waals surface area contributed by atoms with Crippen molar-refractivity contribution in [1.82, 2.24) is 9.97 Å². The number of likely N-dealkylation sites (N-methyl/N-ethyl adjacent to an activating group) is 1. The average molecular weight is 646 g/mol. The summed E-state index contributed by atoms with van der Waals surface area (Å²) in [7, 11) is 3.15. The molecule has 1 aromatic heterocycles. The molecule has 2 heterocycles. The summed E-state index contributed by atoms with van der Waals surface area (Å²) in [5.74, 6) is -2.41. The third kappa shape index (κ3) is 5.87. The van der Waals surface area contributed by atoms with Gasteiger partial charge in [-0.3, -0.25) is 0 Å². The third-order valence-corrected chi connectivity index (χ3v) is 8.77. The highest BCUT2D eigenvalue weighted by molar-refractivity contribution is 5.75. The van der Waals surface area contributed by atoms with Gasteiger partial charge in [0.15, 0.2) is 17.7 Å². The van der Waals surface area contributed by atoms with Crippen LogP contribution in [-0.2, 0) is 16.8 Å². The minimum atomic E-state index is -3.74. The highest BCUT2D eigenvalue weighted by Crippen LogP contribution is 2.56. The van der Waals surface area contributed by atoms with E-state index in [9.17, 15) is 15.3 Å². The van der Waals surface area contributed by atoms with Crippen LogP contribution in [0.25, 0.3) is 16.2 Å². The fraction of sp³-hybridized carbons (Fsp3) is 0.343. The summed E-state index contributed by atoms with van der Waals surface area (Å²) in [6.07, 6.45) is -4.22. The second-order valence-electron chi connectivity index (χ2n) is 11.7. The molecule has 12 heteroatoms. The molecule has 1 aliphatic heterocycles. The van der Waals surface area contributed by atoms with Crippen LogP contribution in [-0.4, -0.2) is 70.4 Å². The average Bonchev–Trinajstić information content (AvgIpc) is 3.54. The molecule has 0 saturated carbocycles. The molecule has 2 aliphatic rings. The molecular weight excluding hydrogens is 610 g/mol. The summed E-state index contributed by atoms with van der Waals surface area (Å²) >= 11 is 0. The zero-order valence-corrected chi connectivity index (χ0v) is 25.8. The summed E-state index contributed by atoms with van der Waals surface area (Å²) < 4.78 is 47.8. The van der Waals surface area contributed by atoms with E-state index in [4.69, 9.17) is 20.8 Å². The van der Waals surface area contributed by atoms with Crippen molar-refractivity contribution in [3.8, 4) is 29.6 Å². The van der Waals surface area contributed by atoms with Crippen molar-refractivity contribution >= 4 is 11.5 Å². The first-order chi connectivity index (χ1) is 22.6. The van der Waals surface area contributed by atoms with Crippen molar-refractivity contribution in [2.45, 2.75) is 55.3 Å². The molecule has 6 rings (SSSR count). The van der Waals surface area contributed by atoms with Gasteiger partial charge in [-0.05, 0) is 46.5 Å². The predicted molar refractivity (Wildman–Crippen MR) is 170 cm³/mol. The van der Waals surface area contributed by atoms with E-state index in [2.05, 4.69) is 14.8 Å². The molecule has 0 spiro atoms. The fourth-order valence-electron chi connectivity index (χ4n) is 6.27. The molecule has 1 saturated heterocycles. The predicted octanol–water partition coefficient (Wildman–Crippen LogP) is 5.24. The molecule has 1 aliphatic carbocycles. The Bertz CT molecular complexity index is 1790. The normalized spacial score (nSPS) is 24.4. The number of hydrogen-bond donors (Lipinski definition) is 3. The van der Waals surface area contributed by atoms with Crippen LogP contribution in [0.15, 0.2) is 78.9 Å². The Morgan fingerprint density at radius 3 is 2.53 bits per heavy atom. The molecule has 3 aromatic carbocycles. The molecule has 47 heavy (non-hydrogen) atoms. The molecule has 1 unspecified atom stereocenters. The van der Waals surface area contributed by atoms with Crippen LogP contribution in [0.4, 0.5) is 20.3 Å². The van der Waals surface area contributed by atoms with Gasteiger partial charge in [0.1, 0.15) is 24.6 Å². The van der Waals surface area contributed by atoms with Crippen molar-refractivity contribution in [1.29, 1.82) is 0 Å². The molecule has 4 aromatic rings. The number of fused-ring (bicyclic) bond motifs is 1. The van der Waals surface area contributed by atoms with E-state index in [1.165, 1.54) is 19.2 Å². The minimum Gasteiger partial charge on any atom is -0.491 e. The summed E-state index contributed by atoms with van der Waals surface area (Å²) in [6.45, 7) is 5.80. The van der Waals surface area contributed by atoms with Crippen molar-refractivity contribution in [3.05, 3.63) is 100 Å². The van der Waals surface area contributed by atoms with Crippen LogP contribution < -0.4 is 14.4 Å². The van der Waals surface area contributed by atoms with Gasteiger partial charge in [-0.1, -0.05) is 66.7 Å². The maximum atomic E-state index is 15.1. The molecule has 5 atom stereocenters. The van der Waals surface area contributed by atoms with Crippen LogP contribution in [0, 0.1) is 6.57 Å². The first kappa shape index (κ1) is 32.3. The molecule has 3 N–H and O–H groups in total. The summed E-state index contributed by atoms with van der Waals surface area (Å²) in [4.78, 5) is 14.6. The highest BCUT2D eigenvalue weighted by Gasteiger charge is 2.64. The standard InChI is InChI=1S/C35H35F2N4O6/c1-38-28-31(39-30(40-32(28)45-3)22-11-5-4-6-12-22)41(2)33-27(42)19-24(47-33)20-46-23-13-9-10-21(18-23)16-17-34(44)26-15-8-7-14-25(26)29(43)35(34,36)37/h1,4-15,18,24,27,29,33,42-44H,16-17,19-20H2,2-3H3/q+1/t24-,27+,29?,33+,34+/m0/s1. The highest BCUT2D eigenvalue weighted by atomic mass is 19.3. The van der Waals surface area contributed by atoms with Gasteiger partial charge in [0.05, 0.1) is 13.2 Å². The van der Waals surface area contributed by atoms with Crippen molar-refractivity contribution in [2.75, 3.05) is 25.7 Å². The van der Waals surface area contributed by atoms with E-state index in [1.807, 2.05) is 30.3 Å². The lowest BCUT2D eigenvalue weighted by Gasteiger charge is -2.32. The largest absolute Gasteiger partial charge is 0.491 e. The zero-order valence-electron chi connectivity index (χ0n) is 25.8. The van der Waals surface area contributed by atoms with Crippen molar-refractivity contribution in [3.63, 3.8) is 0 Å². The van der Waals surface area contributed by atoms with Gasteiger partial charge in [0, 0.05) is 19.0 Å². The number of aryl methyl sites for hydroxylation is 1. The molecule has 10 nitrogen and oxygen atoms in total. The van der Waals surface area contributed by atoms with Gasteiger partial charge >= 0.3 is 17.5 Å². The lowest BCUT2D eigenvalue weighted by atomic mass is 9.86. The molecule has 0 amide bonds. The lowest BCUT2D eigenvalue weighted by molar-refractivity contribution is -0.226. The molecular formula is C35H35F2N4O6+. The maximum Gasteiger partial charge on any atom is 0.443 e. The van der Waals surface area contributed by atoms with Gasteiger partial charge in [-0.25, -0.2) is 4.98 Å². The smallest absolute Gasteiger partial charge is 0.443 e. The van der Waals surface area contributed by atoms with Crippen LogP contribution in [0.1, 0.15) is 35.6 Å². The first-order valence-electron chi connectivity index (χ1n) is 15.2. The number of methoxy groups -OCH3 is 1. The Morgan fingerprint density at radius 2 is 1.79 bits per heavy atom. The number of aliphatic hydroxyl groups excluding tert-OH is 2.